The minimum atomic E-state index is -0.0945. The lowest BCUT2D eigenvalue weighted by molar-refractivity contribution is 0.267. The zero-order chi connectivity index (χ0) is 17.1. The van der Waals surface area contributed by atoms with Crippen LogP contribution in [0.1, 0.15) is 16.5 Å². The van der Waals surface area contributed by atoms with Crippen molar-refractivity contribution in [1.82, 2.24) is 14.5 Å². The quantitative estimate of drug-likeness (QED) is 0.576. The fraction of sp³-hybridized carbons (Fsp3) is 0.158. The van der Waals surface area contributed by atoms with Crippen molar-refractivity contribution in [2.75, 3.05) is 0 Å². The Morgan fingerprint density at radius 1 is 1.00 bits per heavy atom. The third kappa shape index (κ3) is 3.40. The second-order valence-electron chi connectivity index (χ2n) is 5.60. The molecule has 5 nitrogen and oxygen atoms in total. The number of hydrogen-bond donors (Lipinski definition) is 1. The Balaban J connectivity index is 1.51. The van der Waals surface area contributed by atoms with Crippen LogP contribution in [0.15, 0.2) is 60.0 Å². The fourth-order valence-electron chi connectivity index (χ4n) is 2.73. The van der Waals surface area contributed by atoms with Gasteiger partial charge in [-0.3, -0.25) is 0 Å². The standard InChI is InChI=1S/C19H17N3O2S/c23-11-18-21-16-8-4-5-9-17(16)22(18)10-14-13-25-19(20-14)12-24-15-6-2-1-3-7-15/h1-9,13,23H,10-12H2. The van der Waals surface area contributed by atoms with Gasteiger partial charge in [0.1, 0.15) is 29.8 Å². The number of ether oxygens (including phenoxy) is 1. The Morgan fingerprint density at radius 2 is 1.80 bits per heavy atom. The first-order valence-corrected chi connectivity index (χ1v) is 8.87. The van der Waals surface area contributed by atoms with Gasteiger partial charge in [-0.05, 0) is 24.3 Å². The van der Waals surface area contributed by atoms with E-state index < -0.39 is 0 Å². The predicted molar refractivity (Wildman–Crippen MR) is 97.6 cm³/mol. The van der Waals surface area contributed by atoms with Crippen LogP contribution >= 0.6 is 11.3 Å². The molecule has 0 saturated heterocycles. The van der Waals surface area contributed by atoms with E-state index in [1.807, 2.05) is 64.5 Å². The molecule has 0 spiro atoms. The van der Waals surface area contributed by atoms with Crippen molar-refractivity contribution < 1.29 is 9.84 Å². The van der Waals surface area contributed by atoms with Gasteiger partial charge in [-0.2, -0.15) is 0 Å². The molecular formula is C19H17N3O2S. The molecule has 25 heavy (non-hydrogen) atoms. The number of rotatable bonds is 6. The third-order valence-corrected chi connectivity index (χ3v) is 4.77. The van der Waals surface area contributed by atoms with Crippen LogP contribution in [-0.2, 0) is 19.8 Å². The van der Waals surface area contributed by atoms with Crippen LogP contribution in [0.4, 0.5) is 0 Å². The minimum absolute atomic E-state index is 0.0945. The number of aliphatic hydroxyl groups excluding tert-OH is 1. The summed E-state index contributed by atoms with van der Waals surface area (Å²) in [5.74, 6) is 1.48. The zero-order valence-electron chi connectivity index (χ0n) is 13.5. The van der Waals surface area contributed by atoms with Crippen molar-refractivity contribution in [3.8, 4) is 5.75 Å². The van der Waals surface area contributed by atoms with E-state index in [1.54, 1.807) is 11.3 Å². The van der Waals surface area contributed by atoms with Crippen molar-refractivity contribution in [3.05, 3.63) is 76.5 Å². The van der Waals surface area contributed by atoms with Gasteiger partial charge in [0.2, 0.25) is 0 Å². The molecule has 0 unspecified atom stereocenters. The lowest BCUT2D eigenvalue weighted by Gasteiger charge is -2.05. The molecular weight excluding hydrogens is 334 g/mol. The molecule has 0 radical (unpaired) electrons. The van der Waals surface area contributed by atoms with Crippen LogP contribution in [0.5, 0.6) is 5.75 Å². The van der Waals surface area contributed by atoms with Gasteiger partial charge >= 0.3 is 0 Å². The van der Waals surface area contributed by atoms with E-state index in [0.29, 0.717) is 19.0 Å². The number of fused-ring (bicyclic) bond motifs is 1. The van der Waals surface area contributed by atoms with Gasteiger partial charge in [-0.25, -0.2) is 9.97 Å². The Hall–Kier alpha value is -2.70. The fourth-order valence-corrected chi connectivity index (χ4v) is 3.43. The van der Waals surface area contributed by atoms with Gasteiger partial charge in [0.15, 0.2) is 0 Å². The number of thiazole rings is 1. The number of imidazole rings is 1. The van der Waals surface area contributed by atoms with Crippen LogP contribution in [0.25, 0.3) is 11.0 Å². The average Bonchev–Trinajstić information content (AvgIpc) is 3.26. The smallest absolute Gasteiger partial charge is 0.140 e. The summed E-state index contributed by atoms with van der Waals surface area (Å²) in [5, 5.41) is 12.5. The lowest BCUT2D eigenvalue weighted by atomic mass is 10.3. The molecule has 1 N–H and O–H groups in total. The molecule has 2 aromatic carbocycles. The number of para-hydroxylation sites is 3. The molecule has 0 atom stereocenters. The highest BCUT2D eigenvalue weighted by Gasteiger charge is 2.12. The number of aromatic nitrogens is 3. The van der Waals surface area contributed by atoms with E-state index >= 15 is 0 Å². The zero-order valence-corrected chi connectivity index (χ0v) is 14.3. The van der Waals surface area contributed by atoms with Gasteiger partial charge in [0, 0.05) is 5.38 Å². The summed E-state index contributed by atoms with van der Waals surface area (Å²) in [6.45, 7) is 0.938. The normalized spacial score (nSPS) is 11.1. The molecule has 0 fully saturated rings. The second-order valence-corrected chi connectivity index (χ2v) is 6.54. The first-order valence-electron chi connectivity index (χ1n) is 7.99. The first kappa shape index (κ1) is 15.8. The maximum absolute atomic E-state index is 9.59. The van der Waals surface area contributed by atoms with Gasteiger partial charge in [0.25, 0.3) is 0 Å². The highest BCUT2D eigenvalue weighted by Crippen LogP contribution is 2.20. The molecule has 6 heteroatoms. The number of benzene rings is 2. The maximum atomic E-state index is 9.59. The SMILES string of the molecule is OCc1nc2ccccc2n1Cc1csc(COc2ccccc2)n1. The van der Waals surface area contributed by atoms with Crippen molar-refractivity contribution in [2.45, 2.75) is 19.8 Å². The second kappa shape index (κ2) is 7.04. The van der Waals surface area contributed by atoms with Crippen LogP contribution in [0.3, 0.4) is 0 Å². The molecule has 2 heterocycles. The number of nitrogens with zero attached hydrogens (tertiary/aromatic N) is 3. The van der Waals surface area contributed by atoms with Gasteiger partial charge < -0.3 is 14.4 Å². The minimum Gasteiger partial charge on any atom is -0.486 e. The summed E-state index contributed by atoms with van der Waals surface area (Å²) in [6.07, 6.45) is 0. The molecule has 0 aliphatic carbocycles. The van der Waals surface area contributed by atoms with E-state index in [9.17, 15) is 5.11 Å². The molecule has 4 rings (SSSR count). The molecule has 126 valence electrons. The summed E-state index contributed by atoms with van der Waals surface area (Å²) in [4.78, 5) is 9.12. The Kier molecular flexibility index (Phi) is 4.45. The van der Waals surface area contributed by atoms with Crippen molar-refractivity contribution >= 4 is 22.4 Å². The largest absolute Gasteiger partial charge is 0.486 e. The first-order chi connectivity index (χ1) is 12.3. The van der Waals surface area contributed by atoms with Crippen LogP contribution in [0, 0.1) is 0 Å². The Labute approximate surface area is 149 Å². The van der Waals surface area contributed by atoms with Crippen molar-refractivity contribution in [2.24, 2.45) is 0 Å². The number of aliphatic hydroxyl groups is 1. The lowest BCUT2D eigenvalue weighted by Crippen LogP contribution is -2.06. The molecule has 0 aliphatic rings. The Bertz CT molecular complexity index is 979. The van der Waals surface area contributed by atoms with Gasteiger partial charge in [-0.1, -0.05) is 30.3 Å². The van der Waals surface area contributed by atoms with Gasteiger partial charge in [0.05, 0.1) is 23.3 Å². The van der Waals surface area contributed by atoms with E-state index in [1.165, 1.54) is 0 Å². The van der Waals surface area contributed by atoms with Gasteiger partial charge in [-0.15, -0.1) is 11.3 Å². The summed E-state index contributed by atoms with van der Waals surface area (Å²) in [7, 11) is 0. The van der Waals surface area contributed by atoms with Crippen LogP contribution in [0.2, 0.25) is 0 Å². The third-order valence-electron chi connectivity index (χ3n) is 3.90. The monoisotopic (exact) mass is 351 g/mol. The summed E-state index contributed by atoms with van der Waals surface area (Å²) >= 11 is 1.58. The number of hydrogen-bond acceptors (Lipinski definition) is 5. The topological polar surface area (TPSA) is 60.2 Å². The summed E-state index contributed by atoms with van der Waals surface area (Å²) < 4.78 is 7.75. The van der Waals surface area contributed by atoms with Crippen molar-refractivity contribution in [1.29, 1.82) is 0 Å². The molecule has 0 aliphatic heterocycles. The molecule has 0 bridgehead atoms. The van der Waals surface area contributed by atoms with Crippen molar-refractivity contribution in [3.63, 3.8) is 0 Å². The highest BCUT2D eigenvalue weighted by atomic mass is 32.1. The van der Waals surface area contributed by atoms with Crippen LogP contribution < -0.4 is 4.74 Å². The van der Waals surface area contributed by atoms with Crippen LogP contribution in [-0.4, -0.2) is 19.6 Å². The summed E-state index contributed by atoms with van der Waals surface area (Å²) in [6, 6.07) is 17.6. The van der Waals surface area contributed by atoms with E-state index in [-0.39, 0.29) is 6.61 Å². The van der Waals surface area contributed by atoms with E-state index in [4.69, 9.17) is 4.74 Å². The van der Waals surface area contributed by atoms with E-state index in [0.717, 1.165) is 27.5 Å². The predicted octanol–water partition coefficient (Wildman–Crippen LogP) is 3.61. The molecule has 2 aromatic heterocycles. The molecule has 4 aromatic rings. The maximum Gasteiger partial charge on any atom is 0.140 e. The molecule has 0 saturated carbocycles. The Morgan fingerprint density at radius 3 is 2.64 bits per heavy atom. The van der Waals surface area contributed by atoms with E-state index in [2.05, 4.69) is 9.97 Å². The average molecular weight is 351 g/mol. The molecule has 0 amide bonds. The highest BCUT2D eigenvalue weighted by molar-refractivity contribution is 7.09. The summed E-state index contributed by atoms with van der Waals surface area (Å²) in [5.41, 5.74) is 2.82.